The number of benzene rings is 1. The normalized spacial score (nSPS) is 24.6. The smallest absolute Gasteiger partial charge is 0.0368 e. The fraction of sp³-hybridized carbons (Fsp3) is 0.647. The van der Waals surface area contributed by atoms with E-state index in [1.807, 2.05) is 0 Å². The van der Waals surface area contributed by atoms with Crippen LogP contribution >= 0.6 is 0 Å². The Hall–Kier alpha value is -1.22. The Morgan fingerprint density at radius 2 is 1.55 bits per heavy atom. The van der Waals surface area contributed by atoms with E-state index in [-0.39, 0.29) is 0 Å². The van der Waals surface area contributed by atoms with Crippen molar-refractivity contribution in [3.63, 3.8) is 0 Å². The van der Waals surface area contributed by atoms with E-state index >= 15 is 0 Å². The van der Waals surface area contributed by atoms with E-state index < -0.39 is 0 Å². The lowest BCUT2D eigenvalue weighted by Crippen LogP contribution is -2.30. The molecule has 0 radical (unpaired) electrons. The summed E-state index contributed by atoms with van der Waals surface area (Å²) >= 11 is 0. The Morgan fingerprint density at radius 3 is 2.25 bits per heavy atom. The summed E-state index contributed by atoms with van der Waals surface area (Å²) in [6.45, 7) is 9.30. The molecule has 2 fully saturated rings. The second kappa shape index (κ2) is 6.49. The molecule has 0 aliphatic carbocycles. The summed E-state index contributed by atoms with van der Waals surface area (Å²) in [6.07, 6.45) is 4.08. The number of hydrogen-bond donors (Lipinski definition) is 1. The fourth-order valence-corrected chi connectivity index (χ4v) is 3.36. The van der Waals surface area contributed by atoms with Crippen molar-refractivity contribution in [2.45, 2.75) is 26.2 Å². The second-order valence-electron chi connectivity index (χ2n) is 6.32. The van der Waals surface area contributed by atoms with Crippen LogP contribution in [0.25, 0.3) is 0 Å². The second-order valence-corrected chi connectivity index (χ2v) is 6.32. The molecule has 2 aliphatic rings. The zero-order chi connectivity index (χ0) is 13.8. The van der Waals surface area contributed by atoms with Crippen LogP contribution in [0, 0.1) is 5.92 Å². The van der Waals surface area contributed by atoms with Crippen LogP contribution in [-0.4, -0.2) is 39.3 Å². The zero-order valence-electron chi connectivity index (χ0n) is 12.6. The maximum Gasteiger partial charge on any atom is 0.0368 e. The monoisotopic (exact) mass is 273 g/mol. The van der Waals surface area contributed by atoms with Crippen LogP contribution < -0.4 is 15.1 Å². The summed E-state index contributed by atoms with van der Waals surface area (Å²) in [7, 11) is 0. The summed E-state index contributed by atoms with van der Waals surface area (Å²) in [6, 6.07) is 9.23. The number of nitrogens with one attached hydrogen (secondary N) is 1. The van der Waals surface area contributed by atoms with Gasteiger partial charge in [-0.1, -0.05) is 6.92 Å². The van der Waals surface area contributed by atoms with Crippen molar-refractivity contribution >= 4 is 11.4 Å². The van der Waals surface area contributed by atoms with Crippen molar-refractivity contribution in [3.05, 3.63) is 24.3 Å². The standard InChI is InChI=1S/C17H27N3/c1-15-13-18-9-12-20(14-15)17-7-5-16(6-8-17)19-10-3-2-4-11-19/h5-8,15,18H,2-4,9-14H2,1H3. The molecule has 2 aliphatic heterocycles. The zero-order valence-corrected chi connectivity index (χ0v) is 12.6. The van der Waals surface area contributed by atoms with Crippen LogP contribution in [0.1, 0.15) is 26.2 Å². The molecule has 1 aromatic rings. The van der Waals surface area contributed by atoms with Crippen molar-refractivity contribution < 1.29 is 0 Å². The summed E-state index contributed by atoms with van der Waals surface area (Å²) in [5, 5.41) is 3.51. The van der Waals surface area contributed by atoms with Gasteiger partial charge >= 0.3 is 0 Å². The number of piperidine rings is 1. The van der Waals surface area contributed by atoms with Gasteiger partial charge in [0.1, 0.15) is 0 Å². The van der Waals surface area contributed by atoms with Crippen molar-refractivity contribution in [1.82, 2.24) is 5.32 Å². The highest BCUT2D eigenvalue weighted by Crippen LogP contribution is 2.24. The van der Waals surface area contributed by atoms with Crippen LogP contribution in [0.5, 0.6) is 0 Å². The first-order valence-electron chi connectivity index (χ1n) is 8.13. The molecule has 0 amide bonds. The first-order valence-corrected chi connectivity index (χ1v) is 8.13. The molecule has 110 valence electrons. The minimum atomic E-state index is 0.722. The molecule has 2 heterocycles. The lowest BCUT2D eigenvalue weighted by Gasteiger charge is -2.30. The quantitative estimate of drug-likeness (QED) is 0.894. The molecule has 1 unspecified atom stereocenters. The van der Waals surface area contributed by atoms with Gasteiger partial charge in [-0.25, -0.2) is 0 Å². The van der Waals surface area contributed by atoms with Crippen molar-refractivity contribution in [2.24, 2.45) is 5.92 Å². The molecule has 0 aromatic heterocycles. The molecule has 3 heteroatoms. The minimum Gasteiger partial charge on any atom is -0.372 e. The number of anilines is 2. The molecule has 2 saturated heterocycles. The van der Waals surface area contributed by atoms with Gasteiger partial charge in [-0.3, -0.25) is 0 Å². The van der Waals surface area contributed by atoms with Gasteiger partial charge in [0.25, 0.3) is 0 Å². The predicted molar refractivity (Wildman–Crippen MR) is 86.8 cm³/mol. The summed E-state index contributed by atoms with van der Waals surface area (Å²) in [4.78, 5) is 5.05. The third kappa shape index (κ3) is 3.26. The predicted octanol–water partition coefficient (Wildman–Crippen LogP) is 2.72. The first-order chi connectivity index (χ1) is 9.83. The SMILES string of the molecule is CC1CNCCN(c2ccc(N3CCCCC3)cc2)C1. The van der Waals surface area contributed by atoms with Gasteiger partial charge in [0.05, 0.1) is 0 Å². The van der Waals surface area contributed by atoms with Gasteiger partial charge in [-0.05, 0) is 56.0 Å². The Morgan fingerprint density at radius 1 is 0.900 bits per heavy atom. The lowest BCUT2D eigenvalue weighted by molar-refractivity contribution is 0.564. The van der Waals surface area contributed by atoms with Gasteiger partial charge < -0.3 is 15.1 Å². The van der Waals surface area contributed by atoms with E-state index in [2.05, 4.69) is 46.3 Å². The van der Waals surface area contributed by atoms with Crippen molar-refractivity contribution in [2.75, 3.05) is 49.1 Å². The van der Waals surface area contributed by atoms with Crippen LogP contribution in [-0.2, 0) is 0 Å². The van der Waals surface area contributed by atoms with E-state index in [0.29, 0.717) is 0 Å². The average Bonchev–Trinajstić information content (AvgIpc) is 2.73. The maximum atomic E-state index is 3.51. The Bertz CT molecular complexity index is 409. The molecule has 3 rings (SSSR count). The molecular weight excluding hydrogens is 246 g/mol. The Labute approximate surface area is 123 Å². The number of rotatable bonds is 2. The van der Waals surface area contributed by atoms with Gasteiger partial charge in [-0.2, -0.15) is 0 Å². The first kappa shape index (κ1) is 13.7. The molecular formula is C17H27N3. The molecule has 3 nitrogen and oxygen atoms in total. The molecule has 20 heavy (non-hydrogen) atoms. The molecule has 1 atom stereocenters. The van der Waals surface area contributed by atoms with Gasteiger partial charge in [0.15, 0.2) is 0 Å². The van der Waals surface area contributed by atoms with E-state index in [1.54, 1.807) is 0 Å². The lowest BCUT2D eigenvalue weighted by atomic mass is 10.1. The Kier molecular flexibility index (Phi) is 4.46. The highest BCUT2D eigenvalue weighted by molar-refractivity contribution is 5.56. The van der Waals surface area contributed by atoms with E-state index in [1.165, 1.54) is 43.7 Å². The molecule has 0 spiro atoms. The summed E-state index contributed by atoms with van der Waals surface area (Å²) < 4.78 is 0. The van der Waals surface area contributed by atoms with Gasteiger partial charge in [0.2, 0.25) is 0 Å². The maximum absolute atomic E-state index is 3.51. The molecule has 0 saturated carbocycles. The van der Waals surface area contributed by atoms with E-state index in [9.17, 15) is 0 Å². The van der Waals surface area contributed by atoms with Gasteiger partial charge in [0, 0.05) is 44.1 Å². The fourth-order valence-electron chi connectivity index (χ4n) is 3.36. The topological polar surface area (TPSA) is 18.5 Å². The molecule has 1 aromatic carbocycles. The number of hydrogen-bond acceptors (Lipinski definition) is 3. The number of nitrogens with zero attached hydrogens (tertiary/aromatic N) is 2. The Balaban J connectivity index is 1.68. The highest BCUT2D eigenvalue weighted by Gasteiger charge is 2.15. The van der Waals surface area contributed by atoms with Crippen LogP contribution in [0.2, 0.25) is 0 Å². The minimum absolute atomic E-state index is 0.722. The van der Waals surface area contributed by atoms with Crippen LogP contribution in [0.15, 0.2) is 24.3 Å². The van der Waals surface area contributed by atoms with Crippen LogP contribution in [0.3, 0.4) is 0 Å². The average molecular weight is 273 g/mol. The largest absolute Gasteiger partial charge is 0.372 e. The summed E-state index contributed by atoms with van der Waals surface area (Å²) in [5.74, 6) is 0.722. The van der Waals surface area contributed by atoms with Crippen LogP contribution in [0.4, 0.5) is 11.4 Å². The summed E-state index contributed by atoms with van der Waals surface area (Å²) in [5.41, 5.74) is 2.77. The van der Waals surface area contributed by atoms with E-state index in [0.717, 1.165) is 32.1 Å². The van der Waals surface area contributed by atoms with Crippen molar-refractivity contribution in [3.8, 4) is 0 Å². The van der Waals surface area contributed by atoms with Crippen molar-refractivity contribution in [1.29, 1.82) is 0 Å². The molecule has 0 bridgehead atoms. The highest BCUT2D eigenvalue weighted by atomic mass is 15.2. The van der Waals surface area contributed by atoms with E-state index in [4.69, 9.17) is 0 Å². The third-order valence-corrected chi connectivity index (χ3v) is 4.52. The van der Waals surface area contributed by atoms with Gasteiger partial charge in [-0.15, -0.1) is 0 Å². The molecule has 1 N–H and O–H groups in total. The third-order valence-electron chi connectivity index (χ3n) is 4.52.